The van der Waals surface area contributed by atoms with Crippen LogP contribution in [0.4, 0.5) is 4.79 Å². The molecule has 3 aliphatic carbocycles. The second-order valence-electron chi connectivity index (χ2n) is 13.9. The number of carbonyl (C=O) groups is 2. The average Bonchev–Trinajstić information content (AvgIpc) is 3.74. The van der Waals surface area contributed by atoms with E-state index < -0.39 is 17.1 Å². The maximum Gasteiger partial charge on any atom is 0.317 e. The summed E-state index contributed by atoms with van der Waals surface area (Å²) in [5, 5.41) is 26.6. The minimum absolute atomic E-state index is 0.0364. The molecule has 2 heterocycles. The van der Waals surface area contributed by atoms with E-state index in [9.17, 15) is 19.8 Å². The highest BCUT2D eigenvalue weighted by Gasteiger charge is 2.58. The van der Waals surface area contributed by atoms with Crippen LogP contribution in [0.5, 0.6) is 0 Å². The van der Waals surface area contributed by atoms with E-state index in [2.05, 4.69) is 25.2 Å². The quantitative estimate of drug-likeness (QED) is 0.258. The molecule has 0 spiro atoms. The summed E-state index contributed by atoms with van der Waals surface area (Å²) in [6.45, 7) is 9.44. The molecule has 1 aromatic heterocycles. The van der Waals surface area contributed by atoms with Gasteiger partial charge < -0.3 is 29.6 Å². The summed E-state index contributed by atoms with van der Waals surface area (Å²) in [6, 6.07) is 9.12. The van der Waals surface area contributed by atoms with Crippen molar-refractivity contribution in [3.8, 4) is 0 Å². The molecular formula is C36H50N2O6. The van der Waals surface area contributed by atoms with Gasteiger partial charge in [0.15, 0.2) is 5.76 Å². The summed E-state index contributed by atoms with van der Waals surface area (Å²) in [4.78, 5) is 29.2. The van der Waals surface area contributed by atoms with Crippen molar-refractivity contribution in [3.63, 3.8) is 0 Å². The maximum atomic E-state index is 13.9. The number of nitrogens with one attached hydrogen (secondary N) is 1. The molecule has 5 atom stereocenters. The van der Waals surface area contributed by atoms with E-state index >= 15 is 0 Å². The third-order valence-corrected chi connectivity index (χ3v) is 10.3. The topological polar surface area (TPSA) is 112 Å². The molecular weight excluding hydrogens is 556 g/mol. The van der Waals surface area contributed by atoms with Crippen LogP contribution < -0.4 is 5.32 Å². The lowest BCUT2D eigenvalue weighted by Gasteiger charge is -2.46. The number of ketones is 1. The molecule has 1 aliphatic heterocycles. The number of allylic oxidation sites excluding steroid dienone is 2. The number of aliphatic hydroxyl groups excluding tert-OH is 1. The Morgan fingerprint density at radius 1 is 1.16 bits per heavy atom. The van der Waals surface area contributed by atoms with Crippen molar-refractivity contribution in [1.82, 2.24) is 10.2 Å². The third kappa shape index (κ3) is 6.98. The Labute approximate surface area is 261 Å². The number of fused-ring (bicyclic) bond motifs is 8. The van der Waals surface area contributed by atoms with Crippen LogP contribution in [0.2, 0.25) is 0 Å². The Morgan fingerprint density at radius 3 is 2.68 bits per heavy atom. The van der Waals surface area contributed by atoms with Crippen LogP contribution in [0, 0.1) is 5.41 Å². The fourth-order valence-electron chi connectivity index (χ4n) is 7.64. The molecule has 1 saturated carbocycles. The third-order valence-electron chi connectivity index (χ3n) is 10.3. The zero-order chi connectivity index (χ0) is 31.5. The monoisotopic (exact) mass is 606 g/mol. The smallest absolute Gasteiger partial charge is 0.317 e. The Kier molecular flexibility index (Phi) is 10.0. The minimum Gasteiger partial charge on any atom is -0.461 e. The van der Waals surface area contributed by atoms with Crippen molar-refractivity contribution < 1.29 is 29.0 Å². The van der Waals surface area contributed by atoms with Gasteiger partial charge in [0.1, 0.15) is 0 Å². The molecule has 8 nitrogen and oxygen atoms in total. The van der Waals surface area contributed by atoms with Gasteiger partial charge in [-0.2, -0.15) is 0 Å². The number of benzene rings is 1. The van der Waals surface area contributed by atoms with Crippen LogP contribution in [-0.4, -0.2) is 70.5 Å². The fraction of sp³-hybridized carbons (Fsp3) is 0.611. The van der Waals surface area contributed by atoms with Gasteiger partial charge in [0.2, 0.25) is 5.78 Å². The molecule has 6 rings (SSSR count). The van der Waals surface area contributed by atoms with Crippen LogP contribution in [0.25, 0.3) is 0 Å². The number of amides is 2. The van der Waals surface area contributed by atoms with E-state index in [1.165, 1.54) is 11.8 Å². The van der Waals surface area contributed by atoms with Gasteiger partial charge in [-0.3, -0.25) is 4.79 Å². The molecule has 0 unspecified atom stereocenters. The van der Waals surface area contributed by atoms with Crippen molar-refractivity contribution in [2.75, 3.05) is 19.7 Å². The first-order valence-electron chi connectivity index (χ1n) is 16.4. The molecule has 240 valence electrons. The summed E-state index contributed by atoms with van der Waals surface area (Å²) in [7, 11) is 0. The second kappa shape index (κ2) is 13.6. The lowest BCUT2D eigenvalue weighted by atomic mass is 9.64. The van der Waals surface area contributed by atoms with E-state index in [0.717, 1.165) is 36.8 Å². The van der Waals surface area contributed by atoms with E-state index in [1.54, 1.807) is 17.0 Å². The standard InChI is InChI=1S/C36H50N2O6/c1-24(2)37-34(41)38(22-28-9-6-18-43-28)23-36(42)17-15-31-29-14-12-26(21-30(29)33(40)32-10-7-19-44-32)20-27(39)13-11-25(3)8-5-16-35(31,36)4/h7-8,10,12,14,19,21,24,27-28,31,39,42H,5-6,9,11,13,15-18,20,22-23H2,1-4H3,(H,37,41)/t27-,28+,31-,35-,36+/m0/s1. The highest BCUT2D eigenvalue weighted by atomic mass is 16.5. The Balaban J connectivity index is 1.56. The molecule has 44 heavy (non-hydrogen) atoms. The molecule has 2 amide bonds. The summed E-state index contributed by atoms with van der Waals surface area (Å²) >= 11 is 0. The molecule has 3 N–H and O–H groups in total. The van der Waals surface area contributed by atoms with Crippen molar-refractivity contribution >= 4 is 11.8 Å². The van der Waals surface area contributed by atoms with Gasteiger partial charge in [0.05, 0.1) is 30.6 Å². The number of carbonyl (C=O) groups excluding carboxylic acids is 2. The number of ether oxygens (including phenoxy) is 1. The van der Waals surface area contributed by atoms with E-state index in [4.69, 9.17) is 9.15 Å². The van der Waals surface area contributed by atoms with E-state index in [1.807, 2.05) is 32.0 Å². The lowest BCUT2D eigenvalue weighted by molar-refractivity contribution is -0.0808. The predicted octanol–water partition coefficient (Wildman–Crippen LogP) is 6.15. The van der Waals surface area contributed by atoms with Crippen molar-refractivity contribution in [1.29, 1.82) is 0 Å². The van der Waals surface area contributed by atoms with Gasteiger partial charge in [-0.05, 0) is 114 Å². The maximum absolute atomic E-state index is 13.9. The average molecular weight is 607 g/mol. The number of furan rings is 1. The second-order valence-corrected chi connectivity index (χ2v) is 13.9. The van der Waals surface area contributed by atoms with Crippen LogP contribution in [0.1, 0.15) is 112 Å². The highest BCUT2D eigenvalue weighted by molar-refractivity contribution is 6.08. The van der Waals surface area contributed by atoms with E-state index in [-0.39, 0.29) is 42.2 Å². The van der Waals surface area contributed by atoms with Gasteiger partial charge in [0.25, 0.3) is 0 Å². The minimum atomic E-state index is -1.19. The number of hydrogen-bond acceptors (Lipinski definition) is 6. The molecule has 1 saturated heterocycles. The molecule has 2 bridgehead atoms. The summed E-state index contributed by atoms with van der Waals surface area (Å²) < 4.78 is 11.5. The van der Waals surface area contributed by atoms with Crippen LogP contribution in [0.3, 0.4) is 0 Å². The fourth-order valence-corrected chi connectivity index (χ4v) is 7.64. The number of rotatable bonds is 7. The first-order chi connectivity index (χ1) is 21.0. The summed E-state index contributed by atoms with van der Waals surface area (Å²) in [5.41, 5.74) is 1.74. The molecule has 8 heteroatoms. The van der Waals surface area contributed by atoms with Crippen LogP contribution in [-0.2, 0) is 11.2 Å². The molecule has 1 aromatic carbocycles. The first kappa shape index (κ1) is 32.5. The molecule has 2 fully saturated rings. The van der Waals surface area contributed by atoms with Gasteiger partial charge in [-0.25, -0.2) is 4.79 Å². The molecule has 2 aromatic rings. The van der Waals surface area contributed by atoms with Gasteiger partial charge >= 0.3 is 6.03 Å². The Bertz CT molecular complexity index is 1330. The number of hydrogen-bond donors (Lipinski definition) is 3. The van der Waals surface area contributed by atoms with Crippen LogP contribution in [0.15, 0.2) is 52.7 Å². The molecule has 0 radical (unpaired) electrons. The van der Waals surface area contributed by atoms with Crippen molar-refractivity contribution in [2.45, 2.75) is 115 Å². The largest absolute Gasteiger partial charge is 0.461 e. The number of aliphatic hydroxyl groups is 2. The Hall–Kier alpha value is -2.94. The van der Waals surface area contributed by atoms with Crippen molar-refractivity contribution in [2.24, 2.45) is 5.41 Å². The Morgan fingerprint density at radius 2 is 1.98 bits per heavy atom. The van der Waals surface area contributed by atoms with Gasteiger partial charge in [-0.1, -0.05) is 30.7 Å². The zero-order valence-corrected chi connectivity index (χ0v) is 26.8. The van der Waals surface area contributed by atoms with Gasteiger partial charge in [0, 0.05) is 30.2 Å². The van der Waals surface area contributed by atoms with E-state index in [0.29, 0.717) is 50.8 Å². The summed E-state index contributed by atoms with van der Waals surface area (Å²) in [5.74, 6) is -0.0558. The first-order valence-corrected chi connectivity index (χ1v) is 16.4. The molecule has 4 aliphatic rings. The van der Waals surface area contributed by atoms with Gasteiger partial charge in [-0.15, -0.1) is 0 Å². The predicted molar refractivity (Wildman–Crippen MR) is 170 cm³/mol. The zero-order valence-electron chi connectivity index (χ0n) is 26.8. The summed E-state index contributed by atoms with van der Waals surface area (Å²) in [6.07, 6.45) is 9.54. The highest BCUT2D eigenvalue weighted by Crippen LogP contribution is 2.59. The SMILES string of the molecule is CC1=CCC[C@@]2(C)[C@@H](CC[C@@]2(O)CN(C[C@H]2CCCO2)C(=O)NC(C)C)c2ccc(cc2C(=O)c2ccco2)C[C@@H](O)CC1. The number of nitrogens with zero attached hydrogens (tertiary/aromatic N) is 1. The number of urea groups is 1. The lowest BCUT2D eigenvalue weighted by Crippen LogP contribution is -2.57. The van der Waals surface area contributed by atoms with Crippen molar-refractivity contribution in [3.05, 3.63) is 70.7 Å². The van der Waals surface area contributed by atoms with Crippen LogP contribution >= 0.6 is 0 Å². The normalized spacial score (nSPS) is 29.2.